The number of nitrogens with zero attached hydrogens (tertiary/aromatic N) is 2. The van der Waals surface area contributed by atoms with Crippen LogP contribution in [0.25, 0.3) is 0 Å². The summed E-state index contributed by atoms with van der Waals surface area (Å²) in [6.07, 6.45) is 3.86. The molecule has 1 atom stereocenters. The van der Waals surface area contributed by atoms with Crippen molar-refractivity contribution in [1.82, 2.24) is 15.2 Å². The van der Waals surface area contributed by atoms with E-state index in [1.165, 1.54) is 0 Å². The Morgan fingerprint density at radius 2 is 2.21 bits per heavy atom. The number of para-hydroxylation sites is 1. The molecule has 2 heterocycles. The lowest BCUT2D eigenvalue weighted by Gasteiger charge is -2.30. The smallest absolute Gasteiger partial charge is 0.124 e. The molecule has 1 aromatic heterocycles. The van der Waals surface area contributed by atoms with E-state index in [-0.39, 0.29) is 6.10 Å². The fraction of sp³-hybridized carbons (Fsp3) is 0.421. The topological polar surface area (TPSA) is 46.6 Å². The fourth-order valence-corrected chi connectivity index (χ4v) is 2.79. The van der Waals surface area contributed by atoms with Gasteiger partial charge in [0.15, 0.2) is 0 Å². The van der Waals surface area contributed by atoms with Crippen LogP contribution in [0.3, 0.4) is 0 Å². The maximum atomic E-state index is 5.96. The van der Waals surface area contributed by atoms with Crippen molar-refractivity contribution in [2.24, 2.45) is 0 Å². The van der Waals surface area contributed by atoms with Crippen LogP contribution in [0.4, 0.5) is 0 Å². The van der Waals surface area contributed by atoms with Crippen LogP contribution in [-0.4, -0.2) is 49.3 Å². The molecule has 0 aliphatic carbocycles. The lowest BCUT2D eigenvalue weighted by Crippen LogP contribution is -2.44. The number of rotatable bonds is 7. The Balaban J connectivity index is 1.50. The highest BCUT2D eigenvalue weighted by Gasteiger charge is 2.17. The Morgan fingerprint density at radius 3 is 3.04 bits per heavy atom. The number of hydrogen-bond donors (Lipinski definition) is 1. The zero-order valence-electron chi connectivity index (χ0n) is 14.1. The SMILES string of the molecule is CN1CCO[C@@H](CNCc2ccccc2OCc2cccnc2)C1. The van der Waals surface area contributed by atoms with Gasteiger partial charge in [-0.2, -0.15) is 0 Å². The second kappa shape index (κ2) is 8.78. The second-order valence-corrected chi connectivity index (χ2v) is 6.14. The molecule has 1 aliphatic heterocycles. The Morgan fingerprint density at radius 1 is 1.29 bits per heavy atom. The van der Waals surface area contributed by atoms with Crippen molar-refractivity contribution in [2.45, 2.75) is 19.3 Å². The molecule has 0 saturated carbocycles. The van der Waals surface area contributed by atoms with Crippen molar-refractivity contribution in [3.63, 3.8) is 0 Å². The molecule has 0 radical (unpaired) electrons. The Bertz CT molecular complexity index is 621. The molecule has 1 saturated heterocycles. The first kappa shape index (κ1) is 16.9. The summed E-state index contributed by atoms with van der Waals surface area (Å²) in [5, 5.41) is 3.49. The highest BCUT2D eigenvalue weighted by Crippen LogP contribution is 2.19. The first-order valence-corrected chi connectivity index (χ1v) is 8.42. The minimum absolute atomic E-state index is 0.257. The van der Waals surface area contributed by atoms with Gasteiger partial charge in [-0.15, -0.1) is 0 Å². The largest absolute Gasteiger partial charge is 0.489 e. The molecule has 24 heavy (non-hydrogen) atoms. The zero-order valence-corrected chi connectivity index (χ0v) is 14.1. The summed E-state index contributed by atoms with van der Waals surface area (Å²) in [7, 11) is 2.14. The average molecular weight is 327 g/mol. The van der Waals surface area contributed by atoms with Gasteiger partial charge in [0.05, 0.1) is 12.7 Å². The van der Waals surface area contributed by atoms with Crippen LogP contribution < -0.4 is 10.1 Å². The average Bonchev–Trinajstić information content (AvgIpc) is 2.62. The monoisotopic (exact) mass is 327 g/mol. The molecule has 3 rings (SSSR count). The summed E-state index contributed by atoms with van der Waals surface area (Å²) in [6.45, 7) is 4.96. The van der Waals surface area contributed by atoms with Crippen molar-refractivity contribution in [1.29, 1.82) is 0 Å². The van der Waals surface area contributed by atoms with Crippen LogP contribution in [0.2, 0.25) is 0 Å². The molecule has 0 amide bonds. The van der Waals surface area contributed by atoms with E-state index < -0.39 is 0 Å². The van der Waals surface area contributed by atoms with Crippen molar-refractivity contribution in [3.05, 3.63) is 59.9 Å². The molecule has 0 bridgehead atoms. The number of nitrogens with one attached hydrogen (secondary N) is 1. The highest BCUT2D eigenvalue weighted by molar-refractivity contribution is 5.33. The van der Waals surface area contributed by atoms with E-state index in [1.807, 2.05) is 36.5 Å². The highest BCUT2D eigenvalue weighted by atomic mass is 16.5. The van der Waals surface area contributed by atoms with Gasteiger partial charge in [0.25, 0.3) is 0 Å². The molecule has 1 aliphatic rings. The van der Waals surface area contributed by atoms with Crippen LogP contribution in [0.15, 0.2) is 48.8 Å². The standard InChI is InChI=1S/C19H25N3O2/c1-22-9-10-23-18(14-22)13-21-12-17-6-2-3-7-19(17)24-15-16-5-4-8-20-11-16/h2-8,11,18,21H,9-10,12-15H2,1H3/t18-/m0/s1. The Hall–Kier alpha value is -1.95. The number of benzene rings is 1. The van der Waals surface area contributed by atoms with Gasteiger partial charge in [0.2, 0.25) is 0 Å². The summed E-state index contributed by atoms with van der Waals surface area (Å²) >= 11 is 0. The molecular weight excluding hydrogens is 302 g/mol. The molecule has 5 heteroatoms. The summed E-state index contributed by atoms with van der Waals surface area (Å²) in [6, 6.07) is 12.1. The van der Waals surface area contributed by atoms with E-state index in [9.17, 15) is 0 Å². The van der Waals surface area contributed by atoms with E-state index in [1.54, 1.807) is 6.20 Å². The number of aromatic nitrogens is 1. The van der Waals surface area contributed by atoms with Gasteiger partial charge in [-0.05, 0) is 19.2 Å². The predicted octanol–water partition coefficient (Wildman–Crippen LogP) is 2.08. The van der Waals surface area contributed by atoms with Crippen LogP contribution in [0, 0.1) is 0 Å². The summed E-state index contributed by atoms with van der Waals surface area (Å²) in [5.74, 6) is 0.913. The zero-order chi connectivity index (χ0) is 16.6. The minimum atomic E-state index is 0.257. The van der Waals surface area contributed by atoms with Gasteiger partial charge in [0, 0.05) is 49.7 Å². The number of pyridine rings is 1. The Kier molecular flexibility index (Phi) is 6.18. The molecule has 128 valence electrons. The van der Waals surface area contributed by atoms with E-state index in [2.05, 4.69) is 28.3 Å². The van der Waals surface area contributed by atoms with Crippen molar-refractivity contribution in [3.8, 4) is 5.75 Å². The molecule has 0 spiro atoms. The van der Waals surface area contributed by atoms with Crippen molar-refractivity contribution >= 4 is 0 Å². The summed E-state index contributed by atoms with van der Waals surface area (Å²) < 4.78 is 11.7. The van der Waals surface area contributed by atoms with Crippen LogP contribution in [0.5, 0.6) is 5.75 Å². The maximum absolute atomic E-state index is 5.96. The van der Waals surface area contributed by atoms with Gasteiger partial charge < -0.3 is 19.7 Å². The third-order valence-electron chi connectivity index (χ3n) is 4.12. The Labute approximate surface area is 143 Å². The number of morpholine rings is 1. The quantitative estimate of drug-likeness (QED) is 0.844. The fourth-order valence-electron chi connectivity index (χ4n) is 2.79. The maximum Gasteiger partial charge on any atom is 0.124 e. The molecule has 1 aromatic carbocycles. The van der Waals surface area contributed by atoms with Crippen LogP contribution in [0.1, 0.15) is 11.1 Å². The molecule has 1 N–H and O–H groups in total. The first-order valence-electron chi connectivity index (χ1n) is 8.42. The predicted molar refractivity (Wildman–Crippen MR) is 94.0 cm³/mol. The minimum Gasteiger partial charge on any atom is -0.489 e. The van der Waals surface area contributed by atoms with E-state index in [0.717, 1.165) is 49.7 Å². The molecule has 1 fully saturated rings. The van der Waals surface area contributed by atoms with Gasteiger partial charge in [-0.1, -0.05) is 24.3 Å². The van der Waals surface area contributed by atoms with E-state index in [4.69, 9.17) is 9.47 Å². The van der Waals surface area contributed by atoms with E-state index in [0.29, 0.717) is 6.61 Å². The third kappa shape index (κ3) is 5.03. The van der Waals surface area contributed by atoms with Gasteiger partial charge in [-0.3, -0.25) is 4.98 Å². The lowest BCUT2D eigenvalue weighted by atomic mass is 10.2. The molecule has 5 nitrogen and oxygen atoms in total. The van der Waals surface area contributed by atoms with Crippen molar-refractivity contribution in [2.75, 3.05) is 33.3 Å². The second-order valence-electron chi connectivity index (χ2n) is 6.14. The van der Waals surface area contributed by atoms with Crippen LogP contribution >= 0.6 is 0 Å². The third-order valence-corrected chi connectivity index (χ3v) is 4.12. The van der Waals surface area contributed by atoms with Crippen molar-refractivity contribution < 1.29 is 9.47 Å². The van der Waals surface area contributed by atoms with Gasteiger partial charge >= 0.3 is 0 Å². The summed E-state index contributed by atoms with van der Waals surface area (Å²) in [5.41, 5.74) is 2.23. The van der Waals surface area contributed by atoms with E-state index >= 15 is 0 Å². The normalized spacial score (nSPS) is 18.5. The molecular formula is C19H25N3O2. The number of hydrogen-bond acceptors (Lipinski definition) is 5. The van der Waals surface area contributed by atoms with Gasteiger partial charge in [-0.25, -0.2) is 0 Å². The number of likely N-dealkylation sites (N-methyl/N-ethyl adjacent to an activating group) is 1. The van der Waals surface area contributed by atoms with Crippen LogP contribution in [-0.2, 0) is 17.9 Å². The number of ether oxygens (including phenoxy) is 2. The lowest BCUT2D eigenvalue weighted by molar-refractivity contribution is -0.0182. The molecule has 0 unspecified atom stereocenters. The molecule has 2 aromatic rings. The first-order chi connectivity index (χ1) is 11.8. The van der Waals surface area contributed by atoms with Gasteiger partial charge in [0.1, 0.15) is 12.4 Å². The summed E-state index contributed by atoms with van der Waals surface area (Å²) in [4.78, 5) is 6.42.